The average Bonchev–Trinajstić information content (AvgIpc) is 2.30. The summed E-state index contributed by atoms with van der Waals surface area (Å²) in [4.78, 5) is 2.24. The molecular weight excluding hydrogens is 252 g/mol. The Bertz CT molecular complexity index is 344. The van der Waals surface area contributed by atoms with E-state index in [2.05, 4.69) is 46.0 Å². The third-order valence-corrected chi connectivity index (χ3v) is 2.96. The second kappa shape index (κ2) is 6.47. The number of nitrogens with zero attached hydrogens (tertiary/aromatic N) is 2. The van der Waals surface area contributed by atoms with E-state index in [1.165, 1.54) is 11.3 Å². The highest BCUT2D eigenvalue weighted by Gasteiger charge is 2.07. The quantitative estimate of drug-likeness (QED) is 0.765. The van der Waals surface area contributed by atoms with Gasteiger partial charge in [-0.3, -0.25) is 0 Å². The highest BCUT2D eigenvalue weighted by molar-refractivity contribution is 9.08. The Kier molecular flexibility index (Phi) is 5.20. The average molecular weight is 267 g/mol. The van der Waals surface area contributed by atoms with Crippen LogP contribution in [0.2, 0.25) is 0 Å². The van der Waals surface area contributed by atoms with Crippen LogP contribution in [0.4, 0.5) is 5.69 Å². The molecule has 15 heavy (non-hydrogen) atoms. The van der Waals surface area contributed by atoms with Gasteiger partial charge in [-0.25, -0.2) is 0 Å². The minimum Gasteiger partial charge on any atom is -0.371 e. The third-order valence-electron chi connectivity index (χ3n) is 2.35. The second-order valence-electron chi connectivity index (χ2n) is 3.25. The lowest BCUT2D eigenvalue weighted by atomic mass is 10.2. The summed E-state index contributed by atoms with van der Waals surface area (Å²) in [5, 5.41) is 9.45. The number of anilines is 1. The molecule has 1 aromatic carbocycles. The van der Waals surface area contributed by atoms with Crippen molar-refractivity contribution in [2.75, 3.05) is 18.0 Å². The fourth-order valence-electron chi connectivity index (χ4n) is 1.57. The van der Waals surface area contributed by atoms with Gasteiger partial charge in [0.25, 0.3) is 0 Å². The number of benzene rings is 1. The van der Waals surface area contributed by atoms with E-state index in [-0.39, 0.29) is 0 Å². The second-order valence-corrected chi connectivity index (χ2v) is 3.81. The van der Waals surface area contributed by atoms with Gasteiger partial charge in [-0.2, -0.15) is 5.26 Å². The lowest BCUT2D eigenvalue weighted by Gasteiger charge is -2.24. The standard InChI is InChI=1S/C12H15BrN2/c1-2-15(9-5-8-14)12-7-4-3-6-11(12)10-13/h3-4,6-7H,2,5,9-10H2,1H3. The topological polar surface area (TPSA) is 27.0 Å². The molecule has 3 heteroatoms. The van der Waals surface area contributed by atoms with Crippen molar-refractivity contribution >= 4 is 21.6 Å². The Balaban J connectivity index is 2.86. The normalized spacial score (nSPS) is 9.67. The van der Waals surface area contributed by atoms with Gasteiger partial charge < -0.3 is 4.90 Å². The van der Waals surface area contributed by atoms with Crippen molar-refractivity contribution in [2.45, 2.75) is 18.7 Å². The van der Waals surface area contributed by atoms with Crippen molar-refractivity contribution < 1.29 is 0 Å². The maximum absolute atomic E-state index is 8.60. The van der Waals surface area contributed by atoms with Gasteiger partial charge in [-0.1, -0.05) is 34.1 Å². The summed E-state index contributed by atoms with van der Waals surface area (Å²) in [6.45, 7) is 3.85. The molecule has 0 aliphatic rings. The Morgan fingerprint density at radius 2 is 2.13 bits per heavy atom. The number of nitriles is 1. The minimum absolute atomic E-state index is 0.574. The molecule has 0 aliphatic heterocycles. The van der Waals surface area contributed by atoms with Crippen molar-refractivity contribution in [2.24, 2.45) is 0 Å². The Morgan fingerprint density at radius 3 is 2.73 bits per heavy atom. The van der Waals surface area contributed by atoms with Crippen LogP contribution in [0.15, 0.2) is 24.3 Å². The molecule has 0 fully saturated rings. The van der Waals surface area contributed by atoms with Crippen LogP contribution in [0.25, 0.3) is 0 Å². The van der Waals surface area contributed by atoms with Gasteiger partial charge in [-0.05, 0) is 18.6 Å². The highest BCUT2D eigenvalue weighted by Crippen LogP contribution is 2.22. The van der Waals surface area contributed by atoms with Crippen LogP contribution in [0.5, 0.6) is 0 Å². The minimum atomic E-state index is 0.574. The van der Waals surface area contributed by atoms with E-state index >= 15 is 0 Å². The van der Waals surface area contributed by atoms with Gasteiger partial charge in [-0.15, -0.1) is 0 Å². The van der Waals surface area contributed by atoms with Crippen molar-refractivity contribution in [1.82, 2.24) is 0 Å². The first kappa shape index (κ1) is 12.1. The molecule has 1 rings (SSSR count). The SMILES string of the molecule is CCN(CCC#N)c1ccccc1CBr. The predicted molar refractivity (Wildman–Crippen MR) is 67.2 cm³/mol. The first-order chi connectivity index (χ1) is 7.33. The number of para-hydroxylation sites is 1. The fourth-order valence-corrected chi connectivity index (χ4v) is 2.04. The maximum atomic E-state index is 8.60. The zero-order valence-electron chi connectivity index (χ0n) is 8.91. The highest BCUT2D eigenvalue weighted by atomic mass is 79.9. The Hall–Kier alpha value is -1.01. The van der Waals surface area contributed by atoms with E-state index in [1.54, 1.807) is 0 Å². The van der Waals surface area contributed by atoms with Crippen LogP contribution < -0.4 is 4.90 Å². The molecule has 0 atom stereocenters. The monoisotopic (exact) mass is 266 g/mol. The van der Waals surface area contributed by atoms with E-state index in [9.17, 15) is 0 Å². The van der Waals surface area contributed by atoms with E-state index in [1.807, 2.05) is 12.1 Å². The van der Waals surface area contributed by atoms with Crippen molar-refractivity contribution in [3.8, 4) is 6.07 Å². The molecule has 2 nitrogen and oxygen atoms in total. The van der Waals surface area contributed by atoms with Crippen LogP contribution in [-0.2, 0) is 5.33 Å². The predicted octanol–water partition coefficient (Wildman–Crippen LogP) is 3.32. The molecular formula is C12H15BrN2. The summed E-state index contributed by atoms with van der Waals surface area (Å²) in [6, 6.07) is 10.5. The Morgan fingerprint density at radius 1 is 1.40 bits per heavy atom. The van der Waals surface area contributed by atoms with E-state index < -0.39 is 0 Å². The van der Waals surface area contributed by atoms with E-state index in [0.717, 1.165) is 18.4 Å². The number of hydrogen-bond donors (Lipinski definition) is 0. The number of rotatable bonds is 5. The largest absolute Gasteiger partial charge is 0.371 e. The summed E-state index contributed by atoms with van der Waals surface area (Å²) in [5.41, 5.74) is 2.50. The Labute approximate surface area is 99.6 Å². The number of halogens is 1. The van der Waals surface area contributed by atoms with E-state index in [0.29, 0.717) is 6.42 Å². The zero-order valence-corrected chi connectivity index (χ0v) is 10.5. The molecule has 0 N–H and O–H groups in total. The molecule has 0 saturated heterocycles. The summed E-state index contributed by atoms with van der Waals surface area (Å²) in [7, 11) is 0. The molecule has 0 spiro atoms. The first-order valence-electron chi connectivity index (χ1n) is 5.09. The molecule has 0 bridgehead atoms. The van der Waals surface area contributed by atoms with Crippen LogP contribution in [0, 0.1) is 11.3 Å². The molecule has 1 aromatic rings. The summed E-state index contributed by atoms with van der Waals surface area (Å²) < 4.78 is 0. The van der Waals surface area contributed by atoms with Crippen LogP contribution in [0.1, 0.15) is 18.9 Å². The van der Waals surface area contributed by atoms with Gasteiger partial charge in [0.1, 0.15) is 0 Å². The first-order valence-corrected chi connectivity index (χ1v) is 6.21. The van der Waals surface area contributed by atoms with Crippen molar-refractivity contribution in [1.29, 1.82) is 5.26 Å². The van der Waals surface area contributed by atoms with E-state index in [4.69, 9.17) is 5.26 Å². The molecule has 0 unspecified atom stereocenters. The zero-order chi connectivity index (χ0) is 11.1. The molecule has 80 valence electrons. The van der Waals surface area contributed by atoms with Gasteiger partial charge in [0.15, 0.2) is 0 Å². The smallest absolute Gasteiger partial charge is 0.0640 e. The molecule has 0 aliphatic carbocycles. The van der Waals surface area contributed by atoms with Crippen molar-refractivity contribution in [3.05, 3.63) is 29.8 Å². The lowest BCUT2D eigenvalue weighted by molar-refractivity contribution is 0.823. The fraction of sp³-hybridized carbons (Fsp3) is 0.417. The van der Waals surface area contributed by atoms with Crippen LogP contribution in [-0.4, -0.2) is 13.1 Å². The molecule has 0 heterocycles. The molecule has 0 amide bonds. The van der Waals surface area contributed by atoms with Crippen LogP contribution in [0.3, 0.4) is 0 Å². The third kappa shape index (κ3) is 3.24. The number of alkyl halides is 1. The van der Waals surface area contributed by atoms with Gasteiger partial charge in [0, 0.05) is 24.1 Å². The van der Waals surface area contributed by atoms with Gasteiger partial charge >= 0.3 is 0 Å². The van der Waals surface area contributed by atoms with Gasteiger partial charge in [0.2, 0.25) is 0 Å². The summed E-state index contributed by atoms with van der Waals surface area (Å²) in [5.74, 6) is 0. The maximum Gasteiger partial charge on any atom is 0.0640 e. The number of hydrogen-bond acceptors (Lipinski definition) is 2. The molecule has 0 radical (unpaired) electrons. The summed E-state index contributed by atoms with van der Waals surface area (Å²) in [6.07, 6.45) is 0.574. The van der Waals surface area contributed by atoms with Crippen molar-refractivity contribution in [3.63, 3.8) is 0 Å². The lowest BCUT2D eigenvalue weighted by Crippen LogP contribution is -2.24. The summed E-state index contributed by atoms with van der Waals surface area (Å²) >= 11 is 3.48. The van der Waals surface area contributed by atoms with Gasteiger partial charge in [0.05, 0.1) is 12.5 Å². The van der Waals surface area contributed by atoms with Crippen LogP contribution >= 0.6 is 15.9 Å². The molecule has 0 saturated carbocycles. The molecule has 0 aromatic heterocycles.